The van der Waals surface area contributed by atoms with Gasteiger partial charge in [0.2, 0.25) is 0 Å². The van der Waals surface area contributed by atoms with Crippen LogP contribution >= 0.6 is 0 Å². The Labute approximate surface area is 124 Å². The number of pyridine rings is 1. The summed E-state index contributed by atoms with van der Waals surface area (Å²) in [6.45, 7) is 3.83. The molecule has 2 aliphatic rings. The molecule has 0 radical (unpaired) electrons. The first-order valence-corrected chi connectivity index (χ1v) is 7.65. The maximum atomic E-state index is 12.6. The number of likely N-dealkylation sites (tertiary alicyclic amines) is 1. The molecule has 21 heavy (non-hydrogen) atoms. The number of aromatic nitrogens is 1. The van der Waals surface area contributed by atoms with E-state index in [1.165, 1.54) is 0 Å². The molecule has 5 heteroatoms. The summed E-state index contributed by atoms with van der Waals surface area (Å²) in [5, 5.41) is 10.2. The number of carbonyl (C=O) groups excluding carboxylic acids is 1. The Bertz CT molecular complexity index is 524. The van der Waals surface area contributed by atoms with Gasteiger partial charge in [0.1, 0.15) is 0 Å². The van der Waals surface area contributed by atoms with E-state index in [2.05, 4.69) is 4.98 Å². The maximum Gasteiger partial charge on any atom is 0.255 e. The van der Waals surface area contributed by atoms with Crippen molar-refractivity contribution in [3.8, 4) is 0 Å². The lowest BCUT2D eigenvalue weighted by molar-refractivity contribution is -0.174. The zero-order chi connectivity index (χ0) is 14.9. The number of ether oxygens (including phenoxy) is 1. The summed E-state index contributed by atoms with van der Waals surface area (Å²) in [5.41, 5.74) is 0.995. The molecule has 1 atom stereocenters. The molecule has 0 unspecified atom stereocenters. The SMILES string of the molecule is Cc1ncccc1C(=O)N1CCC2(CC1)OCCC[C@@H]2O. The van der Waals surface area contributed by atoms with Gasteiger partial charge in [0, 0.05) is 31.6 Å². The second kappa shape index (κ2) is 5.73. The molecule has 3 heterocycles. The molecule has 114 valence electrons. The van der Waals surface area contributed by atoms with Gasteiger partial charge < -0.3 is 14.7 Å². The molecule has 1 amide bonds. The Morgan fingerprint density at radius 1 is 1.48 bits per heavy atom. The molecule has 5 nitrogen and oxygen atoms in total. The van der Waals surface area contributed by atoms with Crippen LogP contribution in [0.2, 0.25) is 0 Å². The molecule has 1 aromatic rings. The highest BCUT2D eigenvalue weighted by Crippen LogP contribution is 2.35. The van der Waals surface area contributed by atoms with Crippen molar-refractivity contribution in [2.24, 2.45) is 0 Å². The third kappa shape index (κ3) is 2.68. The summed E-state index contributed by atoms with van der Waals surface area (Å²) in [6, 6.07) is 3.61. The van der Waals surface area contributed by atoms with E-state index < -0.39 is 11.7 Å². The molecule has 2 saturated heterocycles. The zero-order valence-corrected chi connectivity index (χ0v) is 12.4. The summed E-state index contributed by atoms with van der Waals surface area (Å²) >= 11 is 0. The van der Waals surface area contributed by atoms with Crippen molar-refractivity contribution in [1.82, 2.24) is 9.88 Å². The molecule has 0 aromatic carbocycles. The maximum absolute atomic E-state index is 12.6. The van der Waals surface area contributed by atoms with Crippen LogP contribution in [0, 0.1) is 6.92 Å². The molecule has 3 rings (SSSR count). The average molecular weight is 290 g/mol. The van der Waals surface area contributed by atoms with Crippen molar-refractivity contribution >= 4 is 5.91 Å². The fourth-order valence-corrected chi connectivity index (χ4v) is 3.36. The highest BCUT2D eigenvalue weighted by atomic mass is 16.5. The first kappa shape index (κ1) is 14.5. The van der Waals surface area contributed by atoms with Gasteiger partial charge in [0.05, 0.1) is 17.3 Å². The smallest absolute Gasteiger partial charge is 0.255 e. The number of hydrogen-bond acceptors (Lipinski definition) is 4. The van der Waals surface area contributed by atoms with E-state index >= 15 is 0 Å². The minimum atomic E-state index is -0.432. The van der Waals surface area contributed by atoms with Crippen molar-refractivity contribution in [3.63, 3.8) is 0 Å². The van der Waals surface area contributed by atoms with E-state index in [1.54, 1.807) is 12.3 Å². The topological polar surface area (TPSA) is 62.7 Å². The first-order chi connectivity index (χ1) is 10.1. The number of nitrogens with zero attached hydrogens (tertiary/aromatic N) is 2. The molecular weight excluding hydrogens is 268 g/mol. The molecule has 0 bridgehead atoms. The van der Waals surface area contributed by atoms with E-state index in [9.17, 15) is 9.90 Å². The van der Waals surface area contributed by atoms with Crippen molar-refractivity contribution in [2.45, 2.75) is 44.3 Å². The number of carbonyl (C=O) groups is 1. The lowest BCUT2D eigenvalue weighted by Gasteiger charge is -2.46. The zero-order valence-electron chi connectivity index (χ0n) is 12.4. The summed E-state index contributed by atoms with van der Waals surface area (Å²) in [4.78, 5) is 18.6. The van der Waals surface area contributed by atoms with Crippen molar-refractivity contribution in [1.29, 1.82) is 0 Å². The molecule has 2 aliphatic heterocycles. The second-order valence-electron chi connectivity index (χ2n) is 6.00. The number of piperidine rings is 1. The van der Waals surface area contributed by atoms with Gasteiger partial charge >= 0.3 is 0 Å². The van der Waals surface area contributed by atoms with Crippen LogP contribution in [0.5, 0.6) is 0 Å². The van der Waals surface area contributed by atoms with E-state index in [-0.39, 0.29) is 5.91 Å². The highest BCUT2D eigenvalue weighted by Gasteiger charge is 2.44. The van der Waals surface area contributed by atoms with E-state index in [0.29, 0.717) is 38.1 Å². The summed E-state index contributed by atoms with van der Waals surface area (Å²) < 4.78 is 5.88. The molecule has 1 spiro atoms. The first-order valence-electron chi connectivity index (χ1n) is 7.65. The number of aryl methyl sites for hydroxylation is 1. The third-order valence-electron chi connectivity index (χ3n) is 4.75. The largest absolute Gasteiger partial charge is 0.390 e. The number of rotatable bonds is 1. The van der Waals surface area contributed by atoms with Crippen molar-refractivity contribution < 1.29 is 14.6 Å². The number of hydrogen-bond donors (Lipinski definition) is 1. The van der Waals surface area contributed by atoms with Crippen LogP contribution in [0.3, 0.4) is 0 Å². The molecule has 0 saturated carbocycles. The van der Waals surface area contributed by atoms with E-state index in [0.717, 1.165) is 18.5 Å². The lowest BCUT2D eigenvalue weighted by Crippen LogP contribution is -2.56. The van der Waals surface area contributed by atoms with Crippen LogP contribution in [-0.4, -0.2) is 52.3 Å². The van der Waals surface area contributed by atoms with E-state index in [1.807, 2.05) is 17.9 Å². The van der Waals surface area contributed by atoms with Gasteiger partial charge in [0.15, 0.2) is 0 Å². The van der Waals surface area contributed by atoms with Gasteiger partial charge in [-0.1, -0.05) is 0 Å². The van der Waals surface area contributed by atoms with E-state index in [4.69, 9.17) is 4.74 Å². The van der Waals surface area contributed by atoms with Gasteiger partial charge in [-0.25, -0.2) is 0 Å². The van der Waals surface area contributed by atoms with Gasteiger partial charge in [-0.2, -0.15) is 0 Å². The Morgan fingerprint density at radius 2 is 2.24 bits per heavy atom. The van der Waals surface area contributed by atoms with Gasteiger partial charge in [0.25, 0.3) is 5.91 Å². The number of amides is 1. The standard InChI is InChI=1S/C16H22N2O3/c1-12-13(4-2-8-17-12)15(20)18-9-6-16(7-10-18)14(19)5-3-11-21-16/h2,4,8,14,19H,3,5-7,9-11H2,1H3/t14-/m0/s1. The van der Waals surface area contributed by atoms with Crippen LogP contribution in [0.15, 0.2) is 18.3 Å². The second-order valence-corrected chi connectivity index (χ2v) is 6.00. The van der Waals surface area contributed by atoms with Gasteiger partial charge in [-0.15, -0.1) is 0 Å². The number of aliphatic hydroxyl groups is 1. The normalized spacial score (nSPS) is 25.0. The Hall–Kier alpha value is -1.46. The van der Waals surface area contributed by atoms with Crippen LogP contribution in [0.4, 0.5) is 0 Å². The van der Waals surface area contributed by atoms with Gasteiger partial charge in [-0.3, -0.25) is 9.78 Å². The minimum Gasteiger partial charge on any atom is -0.390 e. The Balaban J connectivity index is 1.68. The van der Waals surface area contributed by atoms with Crippen LogP contribution < -0.4 is 0 Å². The fourth-order valence-electron chi connectivity index (χ4n) is 3.36. The van der Waals surface area contributed by atoms with Gasteiger partial charge in [-0.05, 0) is 44.7 Å². The molecule has 1 N–H and O–H groups in total. The quantitative estimate of drug-likeness (QED) is 0.852. The average Bonchev–Trinajstić information content (AvgIpc) is 2.51. The third-order valence-corrected chi connectivity index (χ3v) is 4.75. The van der Waals surface area contributed by atoms with Crippen LogP contribution in [0.1, 0.15) is 41.7 Å². The van der Waals surface area contributed by atoms with Crippen molar-refractivity contribution in [3.05, 3.63) is 29.6 Å². The summed E-state index contributed by atoms with van der Waals surface area (Å²) in [6.07, 6.45) is 4.43. The highest BCUT2D eigenvalue weighted by molar-refractivity contribution is 5.95. The molecular formula is C16H22N2O3. The van der Waals surface area contributed by atoms with Crippen LogP contribution in [0.25, 0.3) is 0 Å². The monoisotopic (exact) mass is 290 g/mol. The molecule has 1 aromatic heterocycles. The number of aliphatic hydroxyl groups excluding tert-OH is 1. The Morgan fingerprint density at radius 3 is 2.90 bits per heavy atom. The predicted octanol–water partition coefficient (Wildman–Crippen LogP) is 1.54. The molecule has 0 aliphatic carbocycles. The fraction of sp³-hybridized carbons (Fsp3) is 0.625. The summed E-state index contributed by atoms with van der Waals surface area (Å²) in [7, 11) is 0. The Kier molecular flexibility index (Phi) is 3.95. The predicted molar refractivity (Wildman–Crippen MR) is 78.0 cm³/mol. The molecule has 2 fully saturated rings. The van der Waals surface area contributed by atoms with Crippen molar-refractivity contribution in [2.75, 3.05) is 19.7 Å². The van der Waals surface area contributed by atoms with Crippen LogP contribution in [-0.2, 0) is 4.74 Å². The minimum absolute atomic E-state index is 0.0285. The summed E-state index contributed by atoms with van der Waals surface area (Å²) in [5.74, 6) is 0.0285. The lowest BCUT2D eigenvalue weighted by atomic mass is 9.82.